The fourth-order valence-corrected chi connectivity index (χ4v) is 11.1. The maximum Gasteiger partial charge on any atom is 0.133 e. The van der Waals surface area contributed by atoms with Gasteiger partial charge in [0.2, 0.25) is 0 Å². The quantitative estimate of drug-likeness (QED) is 0.183. The first-order chi connectivity index (χ1) is 28.2. The largest absolute Gasteiger partial charge is 0.350 e. The average molecular weight is 767 g/mol. The fourth-order valence-electron chi connectivity index (χ4n) is 8.77. The fraction of sp³-hybridized carbons (Fsp3) is 0.0392. The van der Waals surface area contributed by atoms with E-state index in [0.717, 1.165) is 17.0 Å². The molecule has 0 aliphatic carbocycles. The number of nitrogens with one attached hydrogen (secondary N) is 2. The summed E-state index contributed by atoms with van der Waals surface area (Å²) in [7, 11) is 0. The van der Waals surface area contributed by atoms with Gasteiger partial charge in [0.1, 0.15) is 18.2 Å². The molecule has 2 N–H and O–H groups in total. The Morgan fingerprint density at radius 1 is 0.456 bits per heavy atom. The molecule has 0 saturated heterocycles. The van der Waals surface area contributed by atoms with Crippen molar-refractivity contribution in [2.75, 3.05) is 0 Å². The van der Waals surface area contributed by atoms with Gasteiger partial charge in [0.05, 0.1) is 11.0 Å². The molecule has 0 amide bonds. The molecule has 0 radical (unpaired) electrons. The van der Waals surface area contributed by atoms with Gasteiger partial charge in [-0.3, -0.25) is 5.32 Å². The summed E-state index contributed by atoms with van der Waals surface area (Å²) in [5.74, 6) is 0.908. The smallest absolute Gasteiger partial charge is 0.133 e. The van der Waals surface area contributed by atoms with Gasteiger partial charge >= 0.3 is 0 Å². The molecule has 4 nitrogen and oxygen atoms in total. The normalized spacial score (nSPS) is 15.9. The molecule has 1 aliphatic rings. The first-order valence-electron chi connectivity index (χ1n) is 19.3. The minimum atomic E-state index is -0.173. The summed E-state index contributed by atoms with van der Waals surface area (Å²) in [6, 6.07) is 66.1. The van der Waals surface area contributed by atoms with E-state index < -0.39 is 0 Å². The summed E-state index contributed by atoms with van der Waals surface area (Å²) < 4.78 is 7.53. The summed E-state index contributed by atoms with van der Waals surface area (Å²) >= 11 is 3.72. The number of rotatable bonds is 5. The molecule has 12 rings (SSSR count). The predicted octanol–water partition coefficient (Wildman–Crippen LogP) is 13.5. The second-order valence-electron chi connectivity index (χ2n) is 14.8. The third-order valence-corrected chi connectivity index (χ3v) is 13.8. The number of aromatic nitrogens is 1. The highest BCUT2D eigenvalue weighted by atomic mass is 32.1. The Bertz CT molecular complexity index is 3320. The summed E-state index contributed by atoms with van der Waals surface area (Å²) in [5.41, 5.74) is 9.56. The molecular weight excluding hydrogens is 733 g/mol. The molecular formula is C51H34N4S2. The Kier molecular flexibility index (Phi) is 7.45. The summed E-state index contributed by atoms with van der Waals surface area (Å²) in [6.07, 6.45) is -0.253. The zero-order valence-corrected chi connectivity index (χ0v) is 32.3. The monoisotopic (exact) mass is 766 g/mol. The van der Waals surface area contributed by atoms with Crippen LogP contribution in [0.2, 0.25) is 0 Å². The Balaban J connectivity index is 0.932. The number of para-hydroxylation sites is 2. The molecule has 0 saturated carbocycles. The lowest BCUT2D eigenvalue weighted by atomic mass is 10.0. The highest BCUT2D eigenvalue weighted by Crippen LogP contribution is 2.42. The average Bonchev–Trinajstić information content (AvgIpc) is 3.95. The van der Waals surface area contributed by atoms with Crippen LogP contribution in [0, 0.1) is 0 Å². The van der Waals surface area contributed by atoms with E-state index in [1.165, 1.54) is 84.5 Å². The predicted molar refractivity (Wildman–Crippen MR) is 243 cm³/mol. The van der Waals surface area contributed by atoms with Gasteiger partial charge in [-0.1, -0.05) is 127 Å². The van der Waals surface area contributed by atoms with Gasteiger partial charge in [-0.15, -0.1) is 22.7 Å². The van der Waals surface area contributed by atoms with E-state index >= 15 is 0 Å². The van der Waals surface area contributed by atoms with Crippen molar-refractivity contribution >= 4 is 90.7 Å². The van der Waals surface area contributed by atoms with E-state index in [0.29, 0.717) is 0 Å². The van der Waals surface area contributed by atoms with Gasteiger partial charge < -0.3 is 9.88 Å². The lowest BCUT2D eigenvalue weighted by Crippen LogP contribution is -2.44. The molecule has 0 bridgehead atoms. The van der Waals surface area contributed by atoms with Crippen LogP contribution in [0.1, 0.15) is 29.0 Å². The maximum atomic E-state index is 5.28. The molecule has 1 aliphatic heterocycles. The molecule has 57 heavy (non-hydrogen) atoms. The second kappa shape index (κ2) is 13.0. The van der Waals surface area contributed by atoms with Crippen LogP contribution >= 0.6 is 22.7 Å². The van der Waals surface area contributed by atoms with E-state index in [4.69, 9.17) is 4.99 Å². The van der Waals surface area contributed by atoms with Crippen LogP contribution in [0.25, 0.3) is 79.0 Å². The van der Waals surface area contributed by atoms with Crippen LogP contribution in [0.4, 0.5) is 0 Å². The van der Waals surface area contributed by atoms with E-state index in [1.54, 1.807) is 0 Å². The molecule has 3 aromatic heterocycles. The number of nitrogens with zero attached hydrogens (tertiary/aromatic N) is 2. The number of hydrogen-bond donors (Lipinski definition) is 2. The number of amidine groups is 1. The van der Waals surface area contributed by atoms with Crippen molar-refractivity contribution in [2.45, 2.75) is 12.3 Å². The molecule has 2 atom stereocenters. The summed E-state index contributed by atoms with van der Waals surface area (Å²) in [6.45, 7) is 0. The molecule has 6 heteroatoms. The van der Waals surface area contributed by atoms with Crippen LogP contribution in [-0.2, 0) is 0 Å². The Labute approximate surface area is 337 Å². The van der Waals surface area contributed by atoms with E-state index in [-0.39, 0.29) is 12.3 Å². The van der Waals surface area contributed by atoms with E-state index in [2.05, 4.69) is 197 Å². The molecule has 0 spiro atoms. The van der Waals surface area contributed by atoms with Crippen molar-refractivity contribution in [1.29, 1.82) is 0 Å². The number of hydrogen-bond acceptors (Lipinski definition) is 5. The van der Waals surface area contributed by atoms with Gasteiger partial charge in [0, 0.05) is 62.4 Å². The first-order valence-corrected chi connectivity index (χ1v) is 21.0. The van der Waals surface area contributed by atoms with Crippen molar-refractivity contribution in [1.82, 2.24) is 15.2 Å². The zero-order chi connectivity index (χ0) is 37.5. The van der Waals surface area contributed by atoms with Gasteiger partial charge in [-0.25, -0.2) is 4.99 Å². The van der Waals surface area contributed by atoms with E-state index in [1.807, 2.05) is 22.7 Å². The number of benzene rings is 8. The van der Waals surface area contributed by atoms with Crippen LogP contribution in [0.15, 0.2) is 187 Å². The highest BCUT2D eigenvalue weighted by molar-refractivity contribution is 7.26. The second-order valence-corrected chi connectivity index (χ2v) is 16.9. The molecule has 2 unspecified atom stereocenters. The standard InChI is InChI=1S/C51H34N4S2/c1-3-12-31(13-4-1)49-52-50(32-14-5-2-6-15-32)54-51(53-49)40-19-11-18-39-41-28-33(23-26-46(41)57-48(39)40)34-22-25-38-42-30-35(24-27-45(42)56-47(38)29-34)55-43-20-9-7-16-36(43)37-17-8-10-21-44(37)55/h1-30,49-50,52H,(H,53,54). The van der Waals surface area contributed by atoms with Crippen LogP contribution < -0.4 is 10.6 Å². The Morgan fingerprint density at radius 2 is 1.09 bits per heavy atom. The van der Waals surface area contributed by atoms with Gasteiger partial charge in [-0.2, -0.15) is 0 Å². The lowest BCUT2D eigenvalue weighted by Gasteiger charge is -2.32. The molecule has 8 aromatic carbocycles. The minimum absolute atomic E-state index is 0.0794. The first kappa shape index (κ1) is 32.7. The van der Waals surface area contributed by atoms with Crippen LogP contribution in [0.3, 0.4) is 0 Å². The summed E-state index contributed by atoms with van der Waals surface area (Å²) in [5, 5.41) is 15.2. The molecule has 0 fully saturated rings. The Hall–Kier alpha value is -6.57. The van der Waals surface area contributed by atoms with Gasteiger partial charge in [0.25, 0.3) is 0 Å². The third kappa shape index (κ3) is 5.33. The summed E-state index contributed by atoms with van der Waals surface area (Å²) in [4.78, 5) is 5.28. The molecule has 11 aromatic rings. The van der Waals surface area contributed by atoms with Crippen molar-refractivity contribution in [3.05, 3.63) is 199 Å². The van der Waals surface area contributed by atoms with E-state index in [9.17, 15) is 0 Å². The highest BCUT2D eigenvalue weighted by Gasteiger charge is 2.27. The maximum absolute atomic E-state index is 5.28. The topological polar surface area (TPSA) is 41.4 Å². The van der Waals surface area contributed by atoms with Crippen molar-refractivity contribution in [3.63, 3.8) is 0 Å². The SMILES string of the molecule is c1ccc(C2N=C(c3cccc4c3sc3ccc(-c5ccc6c(c5)sc5ccc(-n7c8ccccc8c8ccccc87)cc56)cc34)NC(c3ccccc3)N2)cc1. The molecule has 270 valence electrons. The number of thiophene rings is 2. The van der Waals surface area contributed by atoms with Gasteiger partial charge in [0.15, 0.2) is 0 Å². The molecule has 4 heterocycles. The van der Waals surface area contributed by atoms with Crippen molar-refractivity contribution in [2.24, 2.45) is 4.99 Å². The minimum Gasteiger partial charge on any atom is -0.350 e. The van der Waals surface area contributed by atoms with Crippen LogP contribution in [-0.4, -0.2) is 10.4 Å². The number of aliphatic imine (C=N–C) groups is 1. The van der Waals surface area contributed by atoms with Crippen LogP contribution in [0.5, 0.6) is 0 Å². The van der Waals surface area contributed by atoms with Crippen molar-refractivity contribution < 1.29 is 0 Å². The van der Waals surface area contributed by atoms with Gasteiger partial charge in [-0.05, 0) is 76.9 Å². The Morgan fingerprint density at radius 3 is 1.88 bits per heavy atom. The third-order valence-electron chi connectivity index (χ3n) is 11.5. The van der Waals surface area contributed by atoms with Crippen molar-refractivity contribution in [3.8, 4) is 16.8 Å². The zero-order valence-electron chi connectivity index (χ0n) is 30.7. The number of fused-ring (bicyclic) bond motifs is 9. The lowest BCUT2D eigenvalue weighted by molar-refractivity contribution is 0.409.